The Labute approximate surface area is 77.6 Å². The van der Waals surface area contributed by atoms with Crippen LogP contribution in [-0.4, -0.2) is 17.0 Å². The molecule has 0 aliphatic heterocycles. The molecule has 4 heteroatoms. The van der Waals surface area contributed by atoms with Crippen molar-refractivity contribution in [1.29, 1.82) is 5.26 Å². The highest BCUT2D eigenvalue weighted by Crippen LogP contribution is 2.12. The minimum absolute atomic E-state index is 0.236. The molecule has 0 bridgehead atoms. The van der Waals surface area contributed by atoms with Gasteiger partial charge in [0, 0.05) is 19.0 Å². The molecule has 68 valence electrons. The maximum atomic E-state index is 8.70. The van der Waals surface area contributed by atoms with E-state index in [1.807, 2.05) is 19.9 Å². The number of nitrogens with zero attached hydrogens (tertiary/aromatic N) is 3. The van der Waals surface area contributed by atoms with Gasteiger partial charge < -0.3 is 5.32 Å². The van der Waals surface area contributed by atoms with E-state index in [0.717, 1.165) is 0 Å². The fraction of sp³-hybridized carbons (Fsp3) is 0.444. The topological polar surface area (TPSA) is 61.6 Å². The number of hydrogen-bond acceptors (Lipinski definition) is 4. The molecule has 1 heterocycles. The van der Waals surface area contributed by atoms with Crippen molar-refractivity contribution in [2.45, 2.75) is 19.8 Å². The summed E-state index contributed by atoms with van der Waals surface area (Å²) < 4.78 is 0. The van der Waals surface area contributed by atoms with E-state index in [4.69, 9.17) is 5.26 Å². The standard InChI is InChI=1S/C9H12N4/c1-6(2)9-12-7(5-10)4-8(11-3)13-9/h4,6H,1-3H3,(H,11,12,13). The van der Waals surface area contributed by atoms with Crippen LogP contribution in [0.15, 0.2) is 6.07 Å². The van der Waals surface area contributed by atoms with Crippen LogP contribution < -0.4 is 5.32 Å². The van der Waals surface area contributed by atoms with E-state index in [-0.39, 0.29) is 5.92 Å². The maximum absolute atomic E-state index is 8.70. The van der Waals surface area contributed by atoms with Crippen LogP contribution in [0.25, 0.3) is 0 Å². The lowest BCUT2D eigenvalue weighted by molar-refractivity contribution is 0.772. The summed E-state index contributed by atoms with van der Waals surface area (Å²) in [5.74, 6) is 1.62. The molecule has 13 heavy (non-hydrogen) atoms. The molecule has 0 atom stereocenters. The number of aromatic nitrogens is 2. The lowest BCUT2D eigenvalue weighted by Crippen LogP contribution is -2.03. The molecule has 1 aromatic heterocycles. The molecule has 0 spiro atoms. The second-order valence-corrected chi connectivity index (χ2v) is 3.01. The first kappa shape index (κ1) is 9.46. The third-order valence-corrected chi connectivity index (χ3v) is 1.63. The lowest BCUT2D eigenvalue weighted by Gasteiger charge is -2.06. The van der Waals surface area contributed by atoms with Crippen molar-refractivity contribution in [2.24, 2.45) is 0 Å². The summed E-state index contributed by atoms with van der Waals surface area (Å²) in [6, 6.07) is 3.64. The molecule has 0 saturated carbocycles. The second kappa shape index (κ2) is 3.85. The first-order valence-electron chi connectivity index (χ1n) is 4.14. The van der Waals surface area contributed by atoms with Gasteiger partial charge in [-0.25, -0.2) is 9.97 Å². The van der Waals surface area contributed by atoms with Crippen LogP contribution in [0.5, 0.6) is 0 Å². The van der Waals surface area contributed by atoms with Gasteiger partial charge in [0.15, 0.2) is 0 Å². The first-order chi connectivity index (χ1) is 6.17. The highest BCUT2D eigenvalue weighted by molar-refractivity contribution is 5.39. The highest BCUT2D eigenvalue weighted by Gasteiger charge is 2.06. The second-order valence-electron chi connectivity index (χ2n) is 3.01. The Kier molecular flexibility index (Phi) is 2.80. The predicted molar refractivity (Wildman–Crippen MR) is 50.4 cm³/mol. The Balaban J connectivity index is 3.17. The molecule has 0 unspecified atom stereocenters. The van der Waals surface area contributed by atoms with Crippen molar-refractivity contribution in [3.8, 4) is 6.07 Å². The maximum Gasteiger partial charge on any atom is 0.146 e. The van der Waals surface area contributed by atoms with Crippen LogP contribution in [0.3, 0.4) is 0 Å². The number of nitriles is 1. The minimum Gasteiger partial charge on any atom is -0.373 e. The number of rotatable bonds is 2. The lowest BCUT2D eigenvalue weighted by atomic mass is 10.2. The molecule has 0 saturated heterocycles. The Morgan fingerprint density at radius 3 is 2.62 bits per heavy atom. The number of hydrogen-bond donors (Lipinski definition) is 1. The van der Waals surface area contributed by atoms with Gasteiger partial charge in [0.25, 0.3) is 0 Å². The van der Waals surface area contributed by atoms with Gasteiger partial charge in [-0.15, -0.1) is 0 Å². The summed E-state index contributed by atoms with van der Waals surface area (Å²) in [5.41, 5.74) is 0.406. The monoisotopic (exact) mass is 176 g/mol. The zero-order chi connectivity index (χ0) is 9.84. The molecule has 0 radical (unpaired) electrons. The van der Waals surface area contributed by atoms with Gasteiger partial charge >= 0.3 is 0 Å². The van der Waals surface area contributed by atoms with E-state index >= 15 is 0 Å². The van der Waals surface area contributed by atoms with Crippen LogP contribution in [-0.2, 0) is 0 Å². The van der Waals surface area contributed by atoms with Crippen molar-refractivity contribution in [2.75, 3.05) is 12.4 Å². The highest BCUT2D eigenvalue weighted by atomic mass is 15.0. The van der Waals surface area contributed by atoms with Crippen molar-refractivity contribution in [3.63, 3.8) is 0 Å². The molecule has 1 aromatic rings. The molecule has 0 aromatic carbocycles. The van der Waals surface area contributed by atoms with Crippen molar-refractivity contribution < 1.29 is 0 Å². The van der Waals surface area contributed by atoms with Gasteiger partial charge in [0.05, 0.1) is 0 Å². The minimum atomic E-state index is 0.236. The van der Waals surface area contributed by atoms with Crippen LogP contribution >= 0.6 is 0 Å². The average Bonchev–Trinajstić information content (AvgIpc) is 2.16. The molecule has 1 N–H and O–H groups in total. The molecule has 0 aliphatic carbocycles. The summed E-state index contributed by atoms with van der Waals surface area (Å²) in [5, 5.41) is 11.6. The summed E-state index contributed by atoms with van der Waals surface area (Å²) in [6.45, 7) is 3.99. The van der Waals surface area contributed by atoms with Crippen LogP contribution in [0.4, 0.5) is 5.82 Å². The van der Waals surface area contributed by atoms with E-state index in [1.54, 1.807) is 13.1 Å². The van der Waals surface area contributed by atoms with Crippen molar-refractivity contribution >= 4 is 5.82 Å². The van der Waals surface area contributed by atoms with Gasteiger partial charge in [-0.3, -0.25) is 0 Å². The third-order valence-electron chi connectivity index (χ3n) is 1.63. The van der Waals surface area contributed by atoms with Crippen LogP contribution in [0.2, 0.25) is 0 Å². The SMILES string of the molecule is CNc1cc(C#N)nc(C(C)C)n1. The molecular formula is C9H12N4. The normalized spacial score (nSPS) is 9.77. The third kappa shape index (κ3) is 2.15. The molecule has 0 fully saturated rings. The molecule has 0 aliphatic rings. The van der Waals surface area contributed by atoms with Crippen LogP contribution in [0, 0.1) is 11.3 Å². The summed E-state index contributed by atoms with van der Waals surface area (Å²) in [6.07, 6.45) is 0. The van der Waals surface area contributed by atoms with Gasteiger partial charge in [-0.05, 0) is 0 Å². The van der Waals surface area contributed by atoms with Gasteiger partial charge in [0.1, 0.15) is 23.4 Å². The van der Waals surface area contributed by atoms with E-state index in [1.165, 1.54) is 0 Å². The first-order valence-corrected chi connectivity index (χ1v) is 4.14. The van der Waals surface area contributed by atoms with Gasteiger partial charge in [0.2, 0.25) is 0 Å². The quantitative estimate of drug-likeness (QED) is 0.742. The molecule has 4 nitrogen and oxygen atoms in total. The van der Waals surface area contributed by atoms with E-state index in [9.17, 15) is 0 Å². The summed E-state index contributed by atoms with van der Waals surface area (Å²) in [4.78, 5) is 8.31. The summed E-state index contributed by atoms with van der Waals surface area (Å²) >= 11 is 0. The average molecular weight is 176 g/mol. The number of nitrogens with one attached hydrogen (secondary N) is 1. The molecule has 0 amide bonds. The fourth-order valence-electron chi connectivity index (χ4n) is 0.909. The van der Waals surface area contributed by atoms with Crippen molar-refractivity contribution in [1.82, 2.24) is 9.97 Å². The summed E-state index contributed by atoms with van der Waals surface area (Å²) in [7, 11) is 1.77. The van der Waals surface area contributed by atoms with E-state index in [2.05, 4.69) is 15.3 Å². The zero-order valence-corrected chi connectivity index (χ0v) is 8.00. The van der Waals surface area contributed by atoms with Crippen LogP contribution in [0.1, 0.15) is 31.3 Å². The predicted octanol–water partition coefficient (Wildman–Crippen LogP) is 1.51. The Bertz CT molecular complexity index is 338. The van der Waals surface area contributed by atoms with E-state index in [0.29, 0.717) is 17.3 Å². The zero-order valence-electron chi connectivity index (χ0n) is 8.00. The Hall–Kier alpha value is -1.63. The smallest absolute Gasteiger partial charge is 0.146 e. The molecular weight excluding hydrogens is 164 g/mol. The number of anilines is 1. The Morgan fingerprint density at radius 2 is 2.15 bits per heavy atom. The Morgan fingerprint density at radius 1 is 1.46 bits per heavy atom. The van der Waals surface area contributed by atoms with Gasteiger partial charge in [-0.1, -0.05) is 13.8 Å². The van der Waals surface area contributed by atoms with Gasteiger partial charge in [-0.2, -0.15) is 5.26 Å². The van der Waals surface area contributed by atoms with E-state index < -0.39 is 0 Å². The fourth-order valence-corrected chi connectivity index (χ4v) is 0.909. The van der Waals surface area contributed by atoms with Crippen molar-refractivity contribution in [3.05, 3.63) is 17.6 Å². The molecule has 1 rings (SSSR count). The largest absolute Gasteiger partial charge is 0.373 e.